The first-order valence-corrected chi connectivity index (χ1v) is 10.3. The number of nitro benzene ring substituents is 1. The highest BCUT2D eigenvalue weighted by molar-refractivity contribution is 14.1. The first kappa shape index (κ1) is 28.9. The van der Waals surface area contributed by atoms with Crippen molar-refractivity contribution >= 4 is 51.6 Å². The smallest absolute Gasteiger partial charge is 0.320 e. The molecule has 0 heterocycles. The summed E-state index contributed by atoms with van der Waals surface area (Å²) in [6.45, 7) is 0. The van der Waals surface area contributed by atoms with Crippen molar-refractivity contribution in [2.75, 3.05) is 5.32 Å². The Morgan fingerprint density at radius 1 is 0.971 bits per heavy atom. The SMILES string of the molecule is O=C(Nc1c(I)cc(C(F)(C(F)(F)F)C(F)(F)F)cc1SC(F)(F)F)c1cccc([N+](=O)[O-])c1F. The maximum atomic E-state index is 14.4. The Balaban J connectivity index is 2.71. The third-order valence-corrected chi connectivity index (χ3v) is 5.74. The summed E-state index contributed by atoms with van der Waals surface area (Å²) >= 11 is -0.341. The fourth-order valence-electron chi connectivity index (χ4n) is 2.61. The number of hydrogen-bond acceptors (Lipinski definition) is 4. The minimum absolute atomic E-state index is 0.0958. The molecular weight excluding hydrogens is 648 g/mol. The number of hydrogen-bond donors (Lipinski definition) is 1. The van der Waals surface area contributed by atoms with E-state index < -0.39 is 89.0 Å². The van der Waals surface area contributed by atoms with Crippen LogP contribution < -0.4 is 5.32 Å². The Morgan fingerprint density at radius 2 is 1.51 bits per heavy atom. The highest BCUT2D eigenvalue weighted by Crippen LogP contribution is 2.55. The quantitative estimate of drug-likeness (QED) is 0.119. The monoisotopic (exact) mass is 654 g/mol. The molecule has 0 atom stereocenters. The van der Waals surface area contributed by atoms with Crippen LogP contribution in [0.2, 0.25) is 0 Å². The summed E-state index contributed by atoms with van der Waals surface area (Å²) in [5.74, 6) is -3.34. The van der Waals surface area contributed by atoms with Crippen LogP contribution >= 0.6 is 34.4 Å². The zero-order valence-electron chi connectivity index (χ0n) is 16.0. The van der Waals surface area contributed by atoms with Gasteiger partial charge in [-0.1, -0.05) is 6.07 Å². The van der Waals surface area contributed by atoms with Crippen LogP contribution in [0.1, 0.15) is 15.9 Å². The minimum atomic E-state index is -6.63. The third-order valence-electron chi connectivity index (χ3n) is 4.12. The van der Waals surface area contributed by atoms with E-state index in [2.05, 4.69) is 0 Å². The van der Waals surface area contributed by atoms with Crippen LogP contribution in [0.25, 0.3) is 0 Å². The molecule has 2 rings (SSSR count). The lowest BCUT2D eigenvalue weighted by Crippen LogP contribution is -2.50. The van der Waals surface area contributed by atoms with Gasteiger partial charge in [0.15, 0.2) is 0 Å². The fraction of sp³-hybridized carbons (Fsp3) is 0.235. The molecule has 35 heavy (non-hydrogen) atoms. The van der Waals surface area contributed by atoms with Gasteiger partial charge >= 0.3 is 29.2 Å². The molecule has 5 nitrogen and oxygen atoms in total. The zero-order chi connectivity index (χ0) is 27.1. The molecule has 0 spiro atoms. The van der Waals surface area contributed by atoms with Gasteiger partial charge in [0, 0.05) is 20.1 Å². The minimum Gasteiger partial charge on any atom is -0.320 e. The number of carbonyl (C=O) groups is 1. The Morgan fingerprint density at radius 3 is 1.97 bits per heavy atom. The van der Waals surface area contributed by atoms with E-state index in [4.69, 9.17) is 0 Å². The van der Waals surface area contributed by atoms with Crippen molar-refractivity contribution in [1.29, 1.82) is 0 Å². The number of anilines is 1. The maximum Gasteiger partial charge on any atom is 0.446 e. The van der Waals surface area contributed by atoms with Crippen molar-refractivity contribution in [3.05, 3.63) is 61.0 Å². The third kappa shape index (κ3) is 5.89. The molecule has 1 amide bonds. The number of carbonyl (C=O) groups excluding carboxylic acids is 1. The van der Waals surface area contributed by atoms with Crippen LogP contribution in [0.3, 0.4) is 0 Å². The van der Waals surface area contributed by atoms with Gasteiger partial charge in [-0.3, -0.25) is 14.9 Å². The maximum absolute atomic E-state index is 14.4. The molecule has 0 unspecified atom stereocenters. The molecule has 1 N–H and O–H groups in total. The molecule has 0 aliphatic heterocycles. The molecule has 0 radical (unpaired) electrons. The van der Waals surface area contributed by atoms with E-state index in [1.807, 2.05) is 0 Å². The largest absolute Gasteiger partial charge is 0.446 e. The number of benzene rings is 2. The number of nitrogens with one attached hydrogen (secondary N) is 1. The summed E-state index contributed by atoms with van der Waals surface area (Å²) in [6, 6.07) is 1.65. The molecule has 0 fully saturated rings. The van der Waals surface area contributed by atoms with Gasteiger partial charge in [0.05, 0.1) is 16.2 Å². The molecule has 18 heteroatoms. The summed E-state index contributed by atoms with van der Waals surface area (Å²) in [6.07, 6.45) is -13.3. The topological polar surface area (TPSA) is 72.2 Å². The van der Waals surface area contributed by atoms with Crippen molar-refractivity contribution in [2.24, 2.45) is 0 Å². The summed E-state index contributed by atoms with van der Waals surface area (Å²) in [5, 5.41) is 12.5. The average molecular weight is 654 g/mol. The predicted molar refractivity (Wildman–Crippen MR) is 107 cm³/mol. The van der Waals surface area contributed by atoms with Crippen molar-refractivity contribution in [3.8, 4) is 0 Å². The summed E-state index contributed by atoms with van der Waals surface area (Å²) in [5.41, 5.74) is -17.0. The highest BCUT2D eigenvalue weighted by Gasteiger charge is 2.73. The second-order valence-corrected chi connectivity index (χ2v) is 8.65. The van der Waals surface area contributed by atoms with Gasteiger partial charge in [-0.25, -0.2) is 4.39 Å². The van der Waals surface area contributed by atoms with E-state index in [1.165, 1.54) is 0 Å². The lowest BCUT2D eigenvalue weighted by molar-refractivity contribution is -0.387. The molecule has 0 saturated carbocycles. The van der Waals surface area contributed by atoms with Gasteiger partial charge in [-0.15, -0.1) is 0 Å². The van der Waals surface area contributed by atoms with Gasteiger partial charge in [-0.05, 0) is 52.6 Å². The number of amides is 1. The number of halogens is 12. The first-order valence-electron chi connectivity index (χ1n) is 8.37. The second-order valence-electron chi connectivity index (χ2n) is 6.38. The van der Waals surface area contributed by atoms with Crippen LogP contribution in [-0.4, -0.2) is 28.7 Å². The first-order chi connectivity index (χ1) is 15.7. The molecule has 0 bridgehead atoms. The van der Waals surface area contributed by atoms with Crippen LogP contribution in [0.5, 0.6) is 0 Å². The Bertz CT molecular complexity index is 1150. The molecule has 0 aliphatic rings. The van der Waals surface area contributed by atoms with Gasteiger partial charge in [0.1, 0.15) is 0 Å². The molecule has 0 aromatic heterocycles. The highest BCUT2D eigenvalue weighted by atomic mass is 127. The Hall–Kier alpha value is -2.38. The van der Waals surface area contributed by atoms with Crippen molar-refractivity contribution in [1.82, 2.24) is 0 Å². The van der Waals surface area contributed by atoms with Crippen molar-refractivity contribution in [3.63, 3.8) is 0 Å². The molecule has 2 aromatic carbocycles. The van der Waals surface area contributed by atoms with E-state index in [0.717, 1.165) is 28.7 Å². The standard InChI is InChI=1S/C17H6F11IN2O3S/c18-11-7(2-1-3-9(11)31(33)34)13(32)30-12-8(29)4-6(5-10(12)35-17(26,27)28)14(19,15(20,21)22)16(23,24)25/h1-5H,(H,30,32). The summed E-state index contributed by atoms with van der Waals surface area (Å²) in [7, 11) is 0. The van der Waals surface area contributed by atoms with Crippen LogP contribution in [0, 0.1) is 19.5 Å². The molecule has 2 aromatic rings. The number of nitrogens with zero attached hydrogens (tertiary/aromatic N) is 1. The van der Waals surface area contributed by atoms with Crippen LogP contribution in [0.15, 0.2) is 35.2 Å². The summed E-state index contributed by atoms with van der Waals surface area (Å²) < 4.78 is 145. The molecule has 192 valence electrons. The van der Waals surface area contributed by atoms with E-state index in [0.29, 0.717) is 12.1 Å². The van der Waals surface area contributed by atoms with Gasteiger partial charge in [0.25, 0.3) is 5.91 Å². The van der Waals surface area contributed by atoms with E-state index in [9.17, 15) is 63.2 Å². The van der Waals surface area contributed by atoms with E-state index in [-0.39, 0.29) is 6.07 Å². The normalized spacial score (nSPS) is 13.0. The number of nitro groups is 1. The Kier molecular flexibility index (Phi) is 7.90. The zero-order valence-corrected chi connectivity index (χ0v) is 19.0. The van der Waals surface area contributed by atoms with E-state index in [1.54, 1.807) is 5.32 Å². The lowest BCUT2D eigenvalue weighted by Gasteiger charge is -2.31. The van der Waals surface area contributed by atoms with Gasteiger partial charge < -0.3 is 5.32 Å². The summed E-state index contributed by atoms with van der Waals surface area (Å²) in [4.78, 5) is 20.5. The van der Waals surface area contributed by atoms with Crippen molar-refractivity contribution in [2.45, 2.75) is 28.4 Å². The number of alkyl halides is 10. The van der Waals surface area contributed by atoms with Crippen LogP contribution in [-0.2, 0) is 5.67 Å². The average Bonchev–Trinajstić information content (AvgIpc) is 2.66. The lowest BCUT2D eigenvalue weighted by atomic mass is 9.94. The molecule has 0 saturated heterocycles. The van der Waals surface area contributed by atoms with Crippen molar-refractivity contribution < 1.29 is 58.0 Å². The molecular formula is C17H6F11IN2O3S. The van der Waals surface area contributed by atoms with Gasteiger partial charge in [0.2, 0.25) is 5.82 Å². The van der Waals surface area contributed by atoms with Crippen LogP contribution in [0.4, 0.5) is 59.7 Å². The second kappa shape index (κ2) is 9.58. The number of thioether (sulfide) groups is 1. The van der Waals surface area contributed by atoms with Gasteiger partial charge in [-0.2, -0.15) is 43.9 Å². The number of rotatable bonds is 5. The molecule has 0 aliphatic carbocycles. The Labute approximate surface area is 204 Å². The fourth-order valence-corrected chi connectivity index (χ4v) is 4.25. The van der Waals surface area contributed by atoms with E-state index >= 15 is 0 Å². The predicted octanol–water partition coefficient (Wildman–Crippen LogP) is 7.49.